The minimum atomic E-state index is -0.222. The van der Waals surface area contributed by atoms with Crippen molar-refractivity contribution in [2.45, 2.75) is 77.7 Å². The van der Waals surface area contributed by atoms with Gasteiger partial charge in [-0.15, -0.1) is 0 Å². The van der Waals surface area contributed by atoms with E-state index in [2.05, 4.69) is 20.4 Å². The largest absolute Gasteiger partial charge is 0.455 e. The number of hydrogen-bond acceptors (Lipinski definition) is 2. The molecule has 2 nitrogen and oxygen atoms in total. The quantitative estimate of drug-likeness (QED) is 0.541. The number of esters is 1. The summed E-state index contributed by atoms with van der Waals surface area (Å²) in [4.78, 5) is 12.2. The molecule has 2 fully saturated rings. The summed E-state index contributed by atoms with van der Waals surface area (Å²) >= 11 is 0. The molecule has 0 radical (unpaired) electrons. The van der Waals surface area contributed by atoms with Gasteiger partial charge in [-0.25, -0.2) is 4.79 Å². The van der Waals surface area contributed by atoms with E-state index < -0.39 is 0 Å². The summed E-state index contributed by atoms with van der Waals surface area (Å²) in [6.07, 6.45) is 9.87. The van der Waals surface area contributed by atoms with E-state index >= 15 is 0 Å². The highest BCUT2D eigenvalue weighted by Crippen LogP contribution is 2.55. The highest BCUT2D eigenvalue weighted by atomic mass is 16.6. The van der Waals surface area contributed by atoms with E-state index in [-0.39, 0.29) is 11.6 Å². The lowest BCUT2D eigenvalue weighted by atomic mass is 9.77. The molecule has 0 spiro atoms. The summed E-state index contributed by atoms with van der Waals surface area (Å²) in [6, 6.07) is 0. The molecule has 0 heterocycles. The molecule has 0 aromatic rings. The van der Waals surface area contributed by atoms with Crippen LogP contribution in [0.15, 0.2) is 12.2 Å². The molecule has 0 saturated heterocycles. The number of rotatable bonds is 4. The first-order valence-corrected chi connectivity index (χ1v) is 8.44. The summed E-state index contributed by atoms with van der Waals surface area (Å²) in [5.74, 6) is 1.68. The van der Waals surface area contributed by atoms with Crippen LogP contribution in [0.1, 0.15) is 72.1 Å². The molecule has 4 atom stereocenters. The van der Waals surface area contributed by atoms with Crippen molar-refractivity contribution in [3.63, 3.8) is 0 Å². The van der Waals surface area contributed by atoms with Gasteiger partial charge in [0, 0.05) is 11.5 Å². The molecule has 0 bridgehead atoms. The zero-order valence-corrected chi connectivity index (χ0v) is 13.4. The number of fused-ring (bicyclic) bond motifs is 1. The zero-order chi connectivity index (χ0) is 14.8. The molecule has 0 amide bonds. The van der Waals surface area contributed by atoms with Crippen LogP contribution < -0.4 is 0 Å². The molecule has 2 heteroatoms. The summed E-state index contributed by atoms with van der Waals surface area (Å²) in [5.41, 5.74) is 0.310. The fraction of sp³-hybridized carbons (Fsp3) is 0.833. The van der Waals surface area contributed by atoms with Gasteiger partial charge in [-0.3, -0.25) is 0 Å². The van der Waals surface area contributed by atoms with E-state index in [1.807, 2.05) is 0 Å². The van der Waals surface area contributed by atoms with Crippen molar-refractivity contribution in [2.75, 3.05) is 0 Å². The minimum absolute atomic E-state index is 0.185. The Morgan fingerprint density at radius 1 is 1.25 bits per heavy atom. The van der Waals surface area contributed by atoms with Crippen molar-refractivity contribution in [3.8, 4) is 0 Å². The van der Waals surface area contributed by atoms with E-state index in [0.717, 1.165) is 18.8 Å². The number of carbonyl (C=O) groups excluding carboxylic acids is 1. The van der Waals surface area contributed by atoms with E-state index in [9.17, 15) is 4.79 Å². The van der Waals surface area contributed by atoms with E-state index in [4.69, 9.17) is 4.74 Å². The first-order valence-electron chi connectivity index (χ1n) is 8.44. The third kappa shape index (κ3) is 2.66. The molecule has 2 saturated carbocycles. The van der Waals surface area contributed by atoms with Gasteiger partial charge >= 0.3 is 5.97 Å². The Morgan fingerprint density at radius 2 is 1.95 bits per heavy atom. The Morgan fingerprint density at radius 3 is 2.55 bits per heavy atom. The van der Waals surface area contributed by atoms with E-state index in [0.29, 0.717) is 17.4 Å². The van der Waals surface area contributed by atoms with Crippen LogP contribution in [0.5, 0.6) is 0 Å². The standard InChI is InChI=1S/C18H30O2/c1-5-15-12-14-10-8-7-9-11-16(14)18(15,6-2)20-17(19)13(3)4/h14-16H,3,5-12H2,1-2,4H3. The second-order valence-corrected chi connectivity index (χ2v) is 6.82. The molecule has 0 aliphatic heterocycles. The monoisotopic (exact) mass is 278 g/mol. The molecule has 114 valence electrons. The van der Waals surface area contributed by atoms with Crippen LogP contribution in [0.2, 0.25) is 0 Å². The van der Waals surface area contributed by atoms with Gasteiger partial charge in [0.2, 0.25) is 0 Å². The Hall–Kier alpha value is -0.790. The van der Waals surface area contributed by atoms with Crippen molar-refractivity contribution in [1.82, 2.24) is 0 Å². The van der Waals surface area contributed by atoms with Gasteiger partial charge in [0.15, 0.2) is 0 Å². The third-order valence-corrected chi connectivity index (χ3v) is 5.74. The summed E-state index contributed by atoms with van der Waals surface area (Å²) in [5, 5.41) is 0. The molecule has 0 aromatic carbocycles. The Labute approximate surface area is 124 Å². The fourth-order valence-corrected chi connectivity index (χ4v) is 4.73. The fourth-order valence-electron chi connectivity index (χ4n) is 4.73. The van der Waals surface area contributed by atoms with Crippen molar-refractivity contribution < 1.29 is 9.53 Å². The average Bonchev–Trinajstić information content (AvgIpc) is 2.58. The normalized spacial score (nSPS) is 37.0. The lowest BCUT2D eigenvalue weighted by molar-refractivity contribution is -0.167. The molecule has 0 N–H and O–H groups in total. The minimum Gasteiger partial charge on any atom is -0.455 e. The predicted molar refractivity (Wildman–Crippen MR) is 82.4 cm³/mol. The summed E-state index contributed by atoms with van der Waals surface area (Å²) < 4.78 is 6.10. The SMILES string of the molecule is C=C(C)C(=O)OC1(CC)C(CC)CC2CCCCCC21. The second-order valence-electron chi connectivity index (χ2n) is 6.82. The number of ether oxygens (including phenoxy) is 1. The lowest BCUT2D eigenvalue weighted by Gasteiger charge is -2.40. The summed E-state index contributed by atoms with van der Waals surface area (Å²) in [6.45, 7) is 9.96. The Balaban J connectivity index is 2.29. The van der Waals surface area contributed by atoms with Crippen LogP contribution in [-0.4, -0.2) is 11.6 Å². The number of carbonyl (C=O) groups is 1. The van der Waals surface area contributed by atoms with Crippen LogP contribution in [-0.2, 0) is 9.53 Å². The predicted octanol–water partition coefficient (Wildman–Crippen LogP) is 4.88. The Bertz CT molecular complexity index is 374. The van der Waals surface area contributed by atoms with Crippen LogP contribution in [0.25, 0.3) is 0 Å². The highest BCUT2D eigenvalue weighted by Gasteiger charge is 2.55. The van der Waals surface area contributed by atoms with Crippen molar-refractivity contribution in [3.05, 3.63) is 12.2 Å². The molecular formula is C18H30O2. The smallest absolute Gasteiger partial charge is 0.333 e. The van der Waals surface area contributed by atoms with Crippen LogP contribution in [0.3, 0.4) is 0 Å². The molecule has 2 aliphatic rings. The van der Waals surface area contributed by atoms with Crippen LogP contribution in [0.4, 0.5) is 0 Å². The van der Waals surface area contributed by atoms with Gasteiger partial charge in [0.05, 0.1) is 0 Å². The van der Waals surface area contributed by atoms with E-state index in [1.54, 1.807) is 6.92 Å². The molecule has 0 aromatic heterocycles. The molecule has 2 aliphatic carbocycles. The molecular weight excluding hydrogens is 248 g/mol. The maximum absolute atomic E-state index is 12.2. The van der Waals surface area contributed by atoms with Crippen LogP contribution >= 0.6 is 0 Å². The van der Waals surface area contributed by atoms with Gasteiger partial charge in [-0.2, -0.15) is 0 Å². The van der Waals surface area contributed by atoms with Crippen molar-refractivity contribution >= 4 is 5.97 Å². The lowest BCUT2D eigenvalue weighted by Crippen LogP contribution is -2.44. The molecule has 20 heavy (non-hydrogen) atoms. The zero-order valence-electron chi connectivity index (χ0n) is 13.4. The van der Waals surface area contributed by atoms with Gasteiger partial charge < -0.3 is 4.74 Å². The average molecular weight is 278 g/mol. The summed E-state index contributed by atoms with van der Waals surface area (Å²) in [7, 11) is 0. The topological polar surface area (TPSA) is 26.3 Å². The third-order valence-electron chi connectivity index (χ3n) is 5.74. The van der Waals surface area contributed by atoms with Gasteiger partial charge in [0.1, 0.15) is 5.60 Å². The van der Waals surface area contributed by atoms with Crippen molar-refractivity contribution in [1.29, 1.82) is 0 Å². The maximum Gasteiger partial charge on any atom is 0.333 e. The molecule has 2 rings (SSSR count). The van der Waals surface area contributed by atoms with Gasteiger partial charge in [-0.05, 0) is 44.4 Å². The molecule has 4 unspecified atom stereocenters. The maximum atomic E-state index is 12.2. The number of hydrogen-bond donors (Lipinski definition) is 0. The van der Waals surface area contributed by atoms with E-state index in [1.165, 1.54) is 38.5 Å². The first kappa shape index (κ1) is 15.6. The van der Waals surface area contributed by atoms with Gasteiger partial charge in [0.25, 0.3) is 0 Å². The second kappa shape index (κ2) is 6.32. The highest BCUT2D eigenvalue weighted by molar-refractivity contribution is 5.87. The Kier molecular flexibility index (Phi) is 4.93. The van der Waals surface area contributed by atoms with Crippen LogP contribution in [0, 0.1) is 17.8 Å². The van der Waals surface area contributed by atoms with Crippen molar-refractivity contribution in [2.24, 2.45) is 17.8 Å². The van der Waals surface area contributed by atoms with Gasteiger partial charge in [-0.1, -0.05) is 46.1 Å². The first-order chi connectivity index (χ1) is 9.55.